The molecule has 0 amide bonds. The number of aromatic nitrogens is 6. The highest BCUT2D eigenvalue weighted by Gasteiger charge is 2.16. The molecule has 6 aromatic rings. The maximum atomic E-state index is 4.91. The van der Waals surface area contributed by atoms with E-state index < -0.39 is 0 Å². The van der Waals surface area contributed by atoms with Crippen LogP contribution in [0.3, 0.4) is 0 Å². The van der Waals surface area contributed by atoms with Gasteiger partial charge in [0.05, 0.1) is 22.8 Å². The van der Waals surface area contributed by atoms with E-state index in [1.807, 2.05) is 97.1 Å². The largest absolute Gasteiger partial charge is 0.380 e. The van der Waals surface area contributed by atoms with Crippen LogP contribution in [0.5, 0.6) is 0 Å². The number of benzene rings is 2. The first-order chi connectivity index (χ1) is 20.8. The Kier molecular flexibility index (Phi) is 6.80. The molecule has 200 valence electrons. The van der Waals surface area contributed by atoms with E-state index in [-0.39, 0.29) is 0 Å². The number of allylic oxidation sites excluding steroid dienone is 2. The first-order valence-corrected chi connectivity index (χ1v) is 13.7. The van der Waals surface area contributed by atoms with Crippen molar-refractivity contribution in [1.82, 2.24) is 35.2 Å². The predicted octanol–water partition coefficient (Wildman–Crippen LogP) is 6.89. The van der Waals surface area contributed by atoms with Crippen molar-refractivity contribution in [2.75, 3.05) is 6.54 Å². The van der Waals surface area contributed by atoms with Gasteiger partial charge < -0.3 is 5.32 Å². The SMILES string of the molecule is C1=CCNC(c2cccc(-c3nc(-c4ccc(-c5ccccc5)cc4)nc(-c4cccc(-c5ccccn5)n4)n3)n2)=C1. The molecule has 42 heavy (non-hydrogen) atoms. The molecule has 0 aliphatic carbocycles. The molecule has 7 nitrogen and oxygen atoms in total. The molecule has 7 rings (SSSR count). The molecule has 1 aliphatic rings. The van der Waals surface area contributed by atoms with Gasteiger partial charge in [-0.3, -0.25) is 4.98 Å². The van der Waals surface area contributed by atoms with Crippen LogP contribution in [-0.4, -0.2) is 36.4 Å². The summed E-state index contributed by atoms with van der Waals surface area (Å²) >= 11 is 0. The third kappa shape index (κ3) is 5.31. The second kappa shape index (κ2) is 11.3. The number of dihydropyridines is 1. The molecule has 0 saturated carbocycles. The lowest BCUT2D eigenvalue weighted by Crippen LogP contribution is -2.15. The smallest absolute Gasteiger partial charge is 0.182 e. The lowest BCUT2D eigenvalue weighted by atomic mass is 10.0. The number of hydrogen-bond donors (Lipinski definition) is 1. The van der Waals surface area contributed by atoms with Crippen molar-refractivity contribution >= 4 is 5.70 Å². The summed E-state index contributed by atoms with van der Waals surface area (Å²) < 4.78 is 0. The van der Waals surface area contributed by atoms with Gasteiger partial charge in [-0.15, -0.1) is 0 Å². The van der Waals surface area contributed by atoms with Crippen LogP contribution in [0.1, 0.15) is 5.69 Å². The normalized spacial score (nSPS) is 12.4. The third-order valence-electron chi connectivity index (χ3n) is 6.85. The van der Waals surface area contributed by atoms with Gasteiger partial charge in [0.15, 0.2) is 17.5 Å². The summed E-state index contributed by atoms with van der Waals surface area (Å²) in [4.78, 5) is 28.9. The zero-order chi connectivity index (χ0) is 28.1. The summed E-state index contributed by atoms with van der Waals surface area (Å²) in [5.41, 5.74) is 7.72. The molecule has 2 aromatic carbocycles. The minimum Gasteiger partial charge on any atom is -0.380 e. The lowest BCUT2D eigenvalue weighted by molar-refractivity contribution is 0.978. The van der Waals surface area contributed by atoms with Gasteiger partial charge in [0.1, 0.15) is 11.4 Å². The Morgan fingerprint density at radius 3 is 1.74 bits per heavy atom. The Morgan fingerprint density at radius 2 is 1.05 bits per heavy atom. The summed E-state index contributed by atoms with van der Waals surface area (Å²) in [6, 6.07) is 35.9. The zero-order valence-electron chi connectivity index (χ0n) is 22.6. The molecule has 0 fully saturated rings. The van der Waals surface area contributed by atoms with Crippen LogP contribution in [-0.2, 0) is 0 Å². The fourth-order valence-corrected chi connectivity index (χ4v) is 4.74. The standard InChI is InChI=1S/C35H25N7/c1-2-10-24(11-3-1)25-18-20-26(21-19-25)33-40-34(31-16-8-14-29(38-31)27-12-4-6-22-36-27)42-35(41-33)32-17-9-15-30(39-32)28-13-5-7-23-37-28/h1-22,37H,23H2. The number of nitrogens with zero attached hydrogens (tertiary/aromatic N) is 6. The quantitative estimate of drug-likeness (QED) is 0.245. The highest BCUT2D eigenvalue weighted by atomic mass is 15.1. The summed E-state index contributed by atoms with van der Waals surface area (Å²) in [7, 11) is 0. The van der Waals surface area contributed by atoms with Crippen molar-refractivity contribution in [1.29, 1.82) is 0 Å². The maximum absolute atomic E-state index is 4.91. The van der Waals surface area contributed by atoms with Crippen LogP contribution < -0.4 is 5.32 Å². The molecule has 0 spiro atoms. The second-order valence-electron chi connectivity index (χ2n) is 9.67. The number of pyridine rings is 3. The summed E-state index contributed by atoms with van der Waals surface area (Å²) in [6.45, 7) is 0.759. The summed E-state index contributed by atoms with van der Waals surface area (Å²) in [6.07, 6.45) is 7.86. The topological polar surface area (TPSA) is 89.4 Å². The average molecular weight is 544 g/mol. The van der Waals surface area contributed by atoms with Crippen molar-refractivity contribution in [2.24, 2.45) is 0 Å². The number of rotatable bonds is 6. The van der Waals surface area contributed by atoms with Crippen LogP contribution in [0.25, 0.3) is 62.6 Å². The van der Waals surface area contributed by atoms with Gasteiger partial charge in [0, 0.05) is 18.3 Å². The molecule has 7 heteroatoms. The van der Waals surface area contributed by atoms with Crippen molar-refractivity contribution in [2.45, 2.75) is 0 Å². The molecule has 1 N–H and O–H groups in total. The molecule has 0 saturated heterocycles. The molecule has 4 aromatic heterocycles. The third-order valence-corrected chi connectivity index (χ3v) is 6.85. The van der Waals surface area contributed by atoms with Crippen molar-refractivity contribution in [3.8, 4) is 56.9 Å². The van der Waals surface area contributed by atoms with E-state index in [1.165, 1.54) is 0 Å². The van der Waals surface area contributed by atoms with Crippen molar-refractivity contribution in [3.63, 3.8) is 0 Å². The average Bonchev–Trinajstić information content (AvgIpc) is 3.09. The molecule has 0 bridgehead atoms. The van der Waals surface area contributed by atoms with E-state index in [4.69, 9.17) is 24.9 Å². The van der Waals surface area contributed by atoms with E-state index in [1.54, 1.807) is 6.20 Å². The molecular formula is C35H25N7. The van der Waals surface area contributed by atoms with E-state index in [0.29, 0.717) is 28.9 Å². The van der Waals surface area contributed by atoms with Crippen LogP contribution >= 0.6 is 0 Å². The Bertz CT molecular complexity index is 1920. The fourth-order valence-electron chi connectivity index (χ4n) is 4.74. The molecule has 0 unspecified atom stereocenters. The summed E-state index contributed by atoms with van der Waals surface area (Å²) in [5, 5.41) is 3.37. The zero-order valence-corrected chi connectivity index (χ0v) is 22.6. The fraction of sp³-hybridized carbons (Fsp3) is 0.0286. The number of hydrogen-bond acceptors (Lipinski definition) is 7. The Labute approximate surface area is 243 Å². The van der Waals surface area contributed by atoms with Gasteiger partial charge in [-0.05, 0) is 53.6 Å². The van der Waals surface area contributed by atoms with Crippen LogP contribution in [0.2, 0.25) is 0 Å². The first-order valence-electron chi connectivity index (χ1n) is 13.7. The molecule has 1 aliphatic heterocycles. The molecule has 0 atom stereocenters. The predicted molar refractivity (Wildman–Crippen MR) is 166 cm³/mol. The van der Waals surface area contributed by atoms with E-state index in [0.717, 1.165) is 46.0 Å². The molecular weight excluding hydrogens is 518 g/mol. The van der Waals surface area contributed by atoms with Gasteiger partial charge in [0.2, 0.25) is 0 Å². The van der Waals surface area contributed by atoms with Crippen molar-refractivity contribution < 1.29 is 0 Å². The highest BCUT2D eigenvalue weighted by molar-refractivity contribution is 5.71. The second-order valence-corrected chi connectivity index (χ2v) is 9.67. The Morgan fingerprint density at radius 1 is 0.452 bits per heavy atom. The minimum atomic E-state index is 0.463. The van der Waals surface area contributed by atoms with Gasteiger partial charge in [-0.1, -0.05) is 84.9 Å². The van der Waals surface area contributed by atoms with Gasteiger partial charge in [0.25, 0.3) is 0 Å². The Hall–Kier alpha value is -5.82. The lowest BCUT2D eigenvalue weighted by Gasteiger charge is -2.13. The molecule has 0 radical (unpaired) electrons. The van der Waals surface area contributed by atoms with Gasteiger partial charge in [-0.2, -0.15) is 0 Å². The van der Waals surface area contributed by atoms with Crippen LogP contribution in [0.4, 0.5) is 0 Å². The number of nitrogens with one attached hydrogen (secondary N) is 1. The van der Waals surface area contributed by atoms with Crippen LogP contribution in [0, 0.1) is 0 Å². The molecule has 5 heterocycles. The monoisotopic (exact) mass is 543 g/mol. The highest BCUT2D eigenvalue weighted by Crippen LogP contribution is 2.27. The minimum absolute atomic E-state index is 0.463. The van der Waals surface area contributed by atoms with Gasteiger partial charge >= 0.3 is 0 Å². The van der Waals surface area contributed by atoms with E-state index >= 15 is 0 Å². The maximum Gasteiger partial charge on any atom is 0.182 e. The summed E-state index contributed by atoms with van der Waals surface area (Å²) in [5.74, 6) is 1.48. The first kappa shape index (κ1) is 25.2. The van der Waals surface area contributed by atoms with Crippen molar-refractivity contribution in [3.05, 3.63) is 139 Å². The van der Waals surface area contributed by atoms with E-state index in [2.05, 4.69) is 40.6 Å². The van der Waals surface area contributed by atoms with E-state index in [9.17, 15) is 0 Å². The van der Waals surface area contributed by atoms with Crippen LogP contribution in [0.15, 0.2) is 134 Å². The van der Waals surface area contributed by atoms with Gasteiger partial charge in [-0.25, -0.2) is 24.9 Å². The Balaban J connectivity index is 1.34.